The van der Waals surface area contributed by atoms with E-state index in [-0.39, 0.29) is 24.0 Å². The summed E-state index contributed by atoms with van der Waals surface area (Å²) in [4.78, 5) is 13.6. The Kier molecular flexibility index (Phi) is 5.79. The van der Waals surface area contributed by atoms with Crippen molar-refractivity contribution in [2.45, 2.75) is 33.7 Å². The lowest BCUT2D eigenvalue weighted by molar-refractivity contribution is -0.647. The van der Waals surface area contributed by atoms with Crippen molar-refractivity contribution in [3.8, 4) is 5.75 Å². The van der Waals surface area contributed by atoms with Gasteiger partial charge < -0.3 is 38.7 Å². The van der Waals surface area contributed by atoms with E-state index in [2.05, 4.69) is 59.1 Å². The van der Waals surface area contributed by atoms with Crippen molar-refractivity contribution in [2.24, 2.45) is 7.05 Å². The molecule has 5 rings (SSSR count). The second kappa shape index (κ2) is 8.27. The molecule has 0 saturated heterocycles. The molecule has 0 unspecified atom stereocenters. The van der Waals surface area contributed by atoms with Gasteiger partial charge in [0, 0.05) is 24.6 Å². The molecular formula is C25H26IN3O3. The van der Waals surface area contributed by atoms with Crippen LogP contribution in [-0.4, -0.2) is 22.2 Å². The van der Waals surface area contributed by atoms with Crippen LogP contribution in [0.5, 0.6) is 5.75 Å². The van der Waals surface area contributed by atoms with E-state index in [9.17, 15) is 9.90 Å². The van der Waals surface area contributed by atoms with Crippen LogP contribution in [0.2, 0.25) is 0 Å². The molecule has 1 N–H and O–H groups in total. The molecule has 1 aromatic heterocycles. The van der Waals surface area contributed by atoms with Gasteiger partial charge >= 0.3 is 5.97 Å². The highest BCUT2D eigenvalue weighted by molar-refractivity contribution is 5.92. The molecule has 166 valence electrons. The molecule has 0 saturated carbocycles. The maximum Gasteiger partial charge on any atom is 0.335 e. The molecule has 2 aromatic carbocycles. The number of allylic oxidation sites excluding steroid dienone is 3. The van der Waals surface area contributed by atoms with Crippen molar-refractivity contribution in [1.82, 2.24) is 4.57 Å². The third-order valence-electron chi connectivity index (χ3n) is 6.43. The fourth-order valence-electron chi connectivity index (χ4n) is 4.66. The topological polar surface area (TPSA) is 58.6 Å². The number of aryl methyl sites for hydroxylation is 4. The molecule has 0 radical (unpaired) electrons. The number of anilines is 1. The molecule has 32 heavy (non-hydrogen) atoms. The zero-order valence-electron chi connectivity index (χ0n) is 18.6. The Morgan fingerprint density at radius 2 is 1.94 bits per heavy atom. The quantitative estimate of drug-likeness (QED) is 0.401. The molecule has 7 heteroatoms. The minimum atomic E-state index is -0.906. The highest BCUT2D eigenvalue weighted by atomic mass is 127. The number of aromatic carboxylic acids is 1. The summed E-state index contributed by atoms with van der Waals surface area (Å²) in [5.41, 5.74) is 7.11. The van der Waals surface area contributed by atoms with Crippen LogP contribution in [0.3, 0.4) is 0 Å². The summed E-state index contributed by atoms with van der Waals surface area (Å²) in [7, 11) is 2.00. The minimum absolute atomic E-state index is 0. The number of carboxylic acids is 1. The van der Waals surface area contributed by atoms with Crippen LogP contribution in [-0.2, 0) is 13.6 Å². The maximum atomic E-state index is 11.4. The number of halogens is 1. The van der Waals surface area contributed by atoms with Gasteiger partial charge in [0.05, 0.1) is 24.8 Å². The van der Waals surface area contributed by atoms with E-state index < -0.39 is 5.97 Å². The summed E-state index contributed by atoms with van der Waals surface area (Å²) < 4.78 is 10.5. The lowest BCUT2D eigenvalue weighted by atomic mass is 10.1. The molecule has 0 amide bonds. The van der Waals surface area contributed by atoms with E-state index in [1.807, 2.05) is 13.1 Å². The van der Waals surface area contributed by atoms with Crippen molar-refractivity contribution >= 4 is 28.3 Å². The fourth-order valence-corrected chi connectivity index (χ4v) is 4.66. The summed E-state index contributed by atoms with van der Waals surface area (Å²) in [5.74, 6) is 1.94. The zero-order chi connectivity index (χ0) is 21.9. The number of fused-ring (bicyclic) bond motifs is 4. The largest absolute Gasteiger partial charge is 1.00 e. The number of benzene rings is 2. The lowest BCUT2D eigenvalue weighted by Gasteiger charge is -2.15. The molecule has 0 atom stereocenters. The average molecular weight is 543 g/mol. The highest BCUT2D eigenvalue weighted by Gasteiger charge is 2.32. The Balaban J connectivity index is 0.00000245. The number of imidazole rings is 1. The number of hydrogen-bond acceptors (Lipinski definition) is 3. The van der Waals surface area contributed by atoms with Crippen molar-refractivity contribution < 1.29 is 43.2 Å². The number of aromatic nitrogens is 2. The van der Waals surface area contributed by atoms with Gasteiger partial charge in [-0.05, 0) is 68.3 Å². The van der Waals surface area contributed by atoms with E-state index in [0.717, 1.165) is 53.7 Å². The number of carboxylic acid groups (broad SMARTS) is 1. The third-order valence-corrected chi connectivity index (χ3v) is 6.43. The molecule has 3 aromatic rings. The van der Waals surface area contributed by atoms with Crippen LogP contribution in [0.15, 0.2) is 48.4 Å². The van der Waals surface area contributed by atoms with Crippen LogP contribution >= 0.6 is 0 Å². The van der Waals surface area contributed by atoms with E-state index in [0.29, 0.717) is 5.56 Å². The summed E-state index contributed by atoms with van der Waals surface area (Å²) in [5, 5.41) is 9.34. The lowest BCUT2D eigenvalue weighted by Crippen LogP contribution is -3.00. The van der Waals surface area contributed by atoms with Crippen molar-refractivity contribution in [3.63, 3.8) is 0 Å². The predicted octanol–water partition coefficient (Wildman–Crippen LogP) is 1.33. The van der Waals surface area contributed by atoms with E-state index in [1.54, 1.807) is 12.1 Å². The number of ether oxygens (including phenoxy) is 1. The van der Waals surface area contributed by atoms with E-state index >= 15 is 0 Å². The molecule has 0 fully saturated rings. The van der Waals surface area contributed by atoms with E-state index in [4.69, 9.17) is 4.74 Å². The summed E-state index contributed by atoms with van der Waals surface area (Å²) in [6, 6.07) is 9.63. The smallest absolute Gasteiger partial charge is 0.335 e. The Morgan fingerprint density at radius 1 is 1.19 bits per heavy atom. The molecule has 0 bridgehead atoms. The fraction of sp³-hybridized carbons (Fsp3) is 0.280. The maximum absolute atomic E-state index is 11.4. The Morgan fingerprint density at radius 3 is 2.66 bits per heavy atom. The SMILES string of the molecule is CCN1C(=CC=C2CCn3c2[n+](C)c2cc(C(=O)O)ccc23)Oc2cc(C)c(C)cc21.[I-]. The first-order valence-electron chi connectivity index (χ1n) is 10.6. The van der Waals surface area contributed by atoms with Crippen LogP contribution in [0.25, 0.3) is 16.6 Å². The second-order valence-corrected chi connectivity index (χ2v) is 8.24. The van der Waals surface area contributed by atoms with Gasteiger partial charge in [0.25, 0.3) is 5.82 Å². The van der Waals surface area contributed by atoms with Gasteiger partial charge in [-0.1, -0.05) is 0 Å². The standard InChI is InChI=1S/C25H25N3O3.HI/c1-5-27-21-12-15(2)16(3)13-22(21)31-23(27)9-7-17-10-11-28-19-8-6-18(25(29)30)14-20(19)26(4)24(17)28;/h6-9,12-14H,5,10-11H2,1-4H3;1H. The molecular weight excluding hydrogens is 517 g/mol. The molecule has 2 aliphatic rings. The predicted molar refractivity (Wildman–Crippen MR) is 120 cm³/mol. The van der Waals surface area contributed by atoms with Crippen molar-refractivity contribution in [1.29, 1.82) is 0 Å². The minimum Gasteiger partial charge on any atom is -1.00 e. The zero-order valence-corrected chi connectivity index (χ0v) is 20.8. The molecule has 6 nitrogen and oxygen atoms in total. The molecule has 3 heterocycles. The third kappa shape index (κ3) is 3.39. The molecule has 0 spiro atoms. The van der Waals surface area contributed by atoms with Gasteiger partial charge in [-0.25, -0.2) is 13.9 Å². The van der Waals surface area contributed by atoms with Gasteiger partial charge in [0.1, 0.15) is 0 Å². The Hall–Kier alpha value is -2.81. The Bertz CT molecular complexity index is 1320. The van der Waals surface area contributed by atoms with Gasteiger partial charge in [-0.2, -0.15) is 0 Å². The van der Waals surface area contributed by atoms with Gasteiger partial charge in [-0.3, -0.25) is 0 Å². The number of nitrogens with zero attached hydrogens (tertiary/aromatic N) is 3. The van der Waals surface area contributed by atoms with Crippen LogP contribution < -0.4 is 38.2 Å². The first kappa shape index (κ1) is 22.4. The van der Waals surface area contributed by atoms with Gasteiger partial charge in [0.15, 0.2) is 16.8 Å². The molecule has 2 aliphatic heterocycles. The van der Waals surface area contributed by atoms with Crippen LogP contribution in [0.4, 0.5) is 5.69 Å². The monoisotopic (exact) mass is 543 g/mol. The average Bonchev–Trinajstić information content (AvgIpc) is 3.39. The van der Waals surface area contributed by atoms with Crippen LogP contribution in [0, 0.1) is 13.8 Å². The first-order valence-corrected chi connectivity index (χ1v) is 10.6. The van der Waals surface area contributed by atoms with Gasteiger partial charge in [-0.15, -0.1) is 0 Å². The normalized spacial score (nSPS) is 16.9. The molecule has 0 aliphatic carbocycles. The summed E-state index contributed by atoms with van der Waals surface area (Å²) >= 11 is 0. The van der Waals surface area contributed by atoms with Crippen molar-refractivity contribution in [3.05, 3.63) is 70.9 Å². The second-order valence-electron chi connectivity index (χ2n) is 8.24. The van der Waals surface area contributed by atoms with Crippen molar-refractivity contribution in [2.75, 3.05) is 11.4 Å². The highest BCUT2D eigenvalue weighted by Crippen LogP contribution is 2.41. The van der Waals surface area contributed by atoms with Gasteiger partial charge in [0.2, 0.25) is 5.88 Å². The number of carbonyl (C=O) groups is 1. The Labute approximate surface area is 204 Å². The number of hydrogen-bond donors (Lipinski definition) is 1. The number of rotatable bonds is 3. The first-order chi connectivity index (χ1) is 14.9. The summed E-state index contributed by atoms with van der Waals surface area (Å²) in [6.45, 7) is 8.07. The summed E-state index contributed by atoms with van der Waals surface area (Å²) in [6.07, 6.45) is 5.12. The van der Waals surface area contributed by atoms with E-state index in [1.165, 1.54) is 16.7 Å². The van der Waals surface area contributed by atoms with Crippen LogP contribution in [0.1, 0.15) is 40.7 Å².